The van der Waals surface area contributed by atoms with Crippen LogP contribution >= 0.6 is 0 Å². The van der Waals surface area contributed by atoms with Gasteiger partial charge in [-0.1, -0.05) is 6.07 Å². The highest BCUT2D eigenvalue weighted by atomic mass is 16.5. The summed E-state index contributed by atoms with van der Waals surface area (Å²) in [5.41, 5.74) is 4.45. The van der Waals surface area contributed by atoms with Gasteiger partial charge in [-0.2, -0.15) is 4.98 Å². The molecule has 0 saturated heterocycles. The number of rotatable bonds is 5. The van der Waals surface area contributed by atoms with E-state index in [1.54, 1.807) is 38.4 Å². The van der Waals surface area contributed by atoms with Crippen molar-refractivity contribution in [2.75, 3.05) is 24.2 Å². The van der Waals surface area contributed by atoms with Gasteiger partial charge in [0.25, 0.3) is 5.91 Å². The molecule has 1 aliphatic rings. The van der Waals surface area contributed by atoms with Crippen LogP contribution < -0.4 is 20.7 Å². The van der Waals surface area contributed by atoms with Crippen molar-refractivity contribution < 1.29 is 13.9 Å². The molecular formula is C23H21N5O3. The molecule has 1 aliphatic heterocycles. The fourth-order valence-electron chi connectivity index (χ4n) is 3.75. The summed E-state index contributed by atoms with van der Waals surface area (Å²) >= 11 is 0. The van der Waals surface area contributed by atoms with Gasteiger partial charge in [0.1, 0.15) is 17.1 Å². The van der Waals surface area contributed by atoms with Crippen molar-refractivity contribution in [3.05, 3.63) is 65.5 Å². The van der Waals surface area contributed by atoms with E-state index in [0.717, 1.165) is 29.7 Å². The van der Waals surface area contributed by atoms with Crippen LogP contribution in [0.4, 0.5) is 17.3 Å². The number of aromatic nitrogens is 2. The van der Waals surface area contributed by atoms with Crippen molar-refractivity contribution in [3.8, 4) is 11.6 Å². The molecule has 5 rings (SSSR count). The summed E-state index contributed by atoms with van der Waals surface area (Å²) in [6, 6.07) is 13.2. The van der Waals surface area contributed by atoms with E-state index in [2.05, 4.69) is 38.1 Å². The van der Waals surface area contributed by atoms with Crippen LogP contribution in [0.1, 0.15) is 21.7 Å². The molecule has 31 heavy (non-hydrogen) atoms. The van der Waals surface area contributed by atoms with E-state index >= 15 is 0 Å². The van der Waals surface area contributed by atoms with Crippen LogP contribution in [-0.4, -0.2) is 29.5 Å². The predicted molar refractivity (Wildman–Crippen MR) is 118 cm³/mol. The number of carbonyl (C=O) groups is 1. The van der Waals surface area contributed by atoms with Crippen LogP contribution in [0.5, 0.6) is 11.6 Å². The van der Waals surface area contributed by atoms with Crippen molar-refractivity contribution in [1.82, 2.24) is 15.3 Å². The standard InChI is InChI=1S/C23H21N5O3/c1-13-21(22(29)24-2)17-6-5-16(12-19(17)30-13)31-20-8-10-26-23(28-20)27-15-4-3-14-7-9-25-18(14)11-15/h3-6,8,10-12,25H,7,9H2,1-2H3,(H,24,29)(H,26,27,28). The van der Waals surface area contributed by atoms with E-state index in [9.17, 15) is 4.79 Å². The number of anilines is 3. The largest absolute Gasteiger partial charge is 0.460 e. The number of nitrogens with one attached hydrogen (secondary N) is 3. The number of hydrogen-bond acceptors (Lipinski definition) is 7. The number of benzene rings is 2. The molecule has 0 aliphatic carbocycles. The molecule has 0 unspecified atom stereocenters. The van der Waals surface area contributed by atoms with Gasteiger partial charge < -0.3 is 25.1 Å². The van der Waals surface area contributed by atoms with Gasteiger partial charge >= 0.3 is 0 Å². The summed E-state index contributed by atoms with van der Waals surface area (Å²) in [5, 5.41) is 9.95. The third-order valence-electron chi connectivity index (χ3n) is 5.22. The Morgan fingerprint density at radius 1 is 1.19 bits per heavy atom. The fourth-order valence-corrected chi connectivity index (χ4v) is 3.75. The van der Waals surface area contributed by atoms with E-state index < -0.39 is 0 Å². The highest BCUT2D eigenvalue weighted by molar-refractivity contribution is 6.07. The zero-order chi connectivity index (χ0) is 21.4. The second kappa shape index (κ2) is 7.64. The first-order chi connectivity index (χ1) is 15.1. The lowest BCUT2D eigenvalue weighted by Crippen LogP contribution is -2.18. The average molecular weight is 415 g/mol. The van der Waals surface area contributed by atoms with Gasteiger partial charge in [-0.05, 0) is 43.2 Å². The zero-order valence-corrected chi connectivity index (χ0v) is 17.2. The molecule has 1 amide bonds. The first-order valence-electron chi connectivity index (χ1n) is 10.0. The van der Waals surface area contributed by atoms with E-state index in [-0.39, 0.29) is 5.91 Å². The smallest absolute Gasteiger partial charge is 0.255 e. The van der Waals surface area contributed by atoms with Gasteiger partial charge in [0, 0.05) is 48.7 Å². The van der Waals surface area contributed by atoms with E-state index in [0.29, 0.717) is 34.5 Å². The van der Waals surface area contributed by atoms with Crippen LogP contribution in [0, 0.1) is 6.92 Å². The Bertz CT molecular complexity index is 1300. The molecule has 0 atom stereocenters. The van der Waals surface area contributed by atoms with Crippen LogP contribution in [0.3, 0.4) is 0 Å². The van der Waals surface area contributed by atoms with Crippen LogP contribution in [0.2, 0.25) is 0 Å². The number of hydrogen-bond donors (Lipinski definition) is 3. The summed E-state index contributed by atoms with van der Waals surface area (Å²) in [7, 11) is 1.60. The quantitative estimate of drug-likeness (QED) is 0.444. The molecule has 3 N–H and O–H groups in total. The first-order valence-corrected chi connectivity index (χ1v) is 10.0. The number of amides is 1. The molecule has 3 heterocycles. The Kier molecular flexibility index (Phi) is 4.66. The summed E-state index contributed by atoms with van der Waals surface area (Å²) in [4.78, 5) is 20.8. The zero-order valence-electron chi connectivity index (χ0n) is 17.2. The van der Waals surface area contributed by atoms with E-state index in [1.165, 1.54) is 5.56 Å². The summed E-state index contributed by atoms with van der Waals surface area (Å²) in [6.45, 7) is 2.73. The van der Waals surface area contributed by atoms with Crippen molar-refractivity contribution >= 4 is 34.2 Å². The van der Waals surface area contributed by atoms with Crippen molar-refractivity contribution in [1.29, 1.82) is 0 Å². The molecule has 0 bridgehead atoms. The number of carbonyl (C=O) groups excluding carboxylic acids is 1. The lowest BCUT2D eigenvalue weighted by atomic mass is 10.1. The molecule has 0 fully saturated rings. The third-order valence-corrected chi connectivity index (χ3v) is 5.22. The summed E-state index contributed by atoms with van der Waals surface area (Å²) in [6.07, 6.45) is 2.68. The lowest BCUT2D eigenvalue weighted by Gasteiger charge is -2.09. The fraction of sp³-hybridized carbons (Fsp3) is 0.174. The molecule has 156 valence electrons. The molecule has 2 aromatic carbocycles. The van der Waals surface area contributed by atoms with Crippen molar-refractivity contribution in [3.63, 3.8) is 0 Å². The highest BCUT2D eigenvalue weighted by Crippen LogP contribution is 2.31. The monoisotopic (exact) mass is 415 g/mol. The third kappa shape index (κ3) is 3.63. The van der Waals surface area contributed by atoms with Gasteiger partial charge in [-0.3, -0.25) is 4.79 Å². The van der Waals surface area contributed by atoms with Gasteiger partial charge in [0.05, 0.1) is 5.56 Å². The molecule has 8 nitrogen and oxygen atoms in total. The maximum Gasteiger partial charge on any atom is 0.255 e. The number of aryl methyl sites for hydroxylation is 1. The van der Waals surface area contributed by atoms with E-state index in [1.807, 2.05) is 12.1 Å². The molecule has 0 radical (unpaired) electrons. The van der Waals surface area contributed by atoms with Gasteiger partial charge in [-0.25, -0.2) is 4.98 Å². The minimum atomic E-state index is -0.182. The highest BCUT2D eigenvalue weighted by Gasteiger charge is 2.18. The topological polar surface area (TPSA) is 101 Å². The minimum Gasteiger partial charge on any atom is -0.460 e. The van der Waals surface area contributed by atoms with Crippen LogP contribution in [0.15, 0.2) is 53.1 Å². The second-order valence-corrected chi connectivity index (χ2v) is 7.26. The Hall–Kier alpha value is -4.07. The average Bonchev–Trinajstić information content (AvgIpc) is 3.36. The van der Waals surface area contributed by atoms with Crippen molar-refractivity contribution in [2.24, 2.45) is 0 Å². The van der Waals surface area contributed by atoms with Gasteiger partial charge in [0.15, 0.2) is 0 Å². The van der Waals surface area contributed by atoms with Crippen LogP contribution in [-0.2, 0) is 6.42 Å². The Morgan fingerprint density at radius 3 is 2.97 bits per heavy atom. The van der Waals surface area contributed by atoms with E-state index in [4.69, 9.17) is 9.15 Å². The van der Waals surface area contributed by atoms with Crippen LogP contribution in [0.25, 0.3) is 11.0 Å². The molecule has 0 saturated carbocycles. The molecule has 8 heteroatoms. The minimum absolute atomic E-state index is 0.182. The van der Waals surface area contributed by atoms with Gasteiger partial charge in [0.2, 0.25) is 11.8 Å². The number of nitrogens with zero attached hydrogens (tertiary/aromatic N) is 2. The molecule has 0 spiro atoms. The SMILES string of the molecule is CNC(=O)c1c(C)oc2cc(Oc3ccnc(Nc4ccc5c(c4)NCC5)n3)ccc12. The maximum atomic E-state index is 12.1. The Balaban J connectivity index is 1.37. The molecule has 4 aromatic rings. The predicted octanol–water partition coefficient (Wildman–Crippen LogP) is 4.39. The second-order valence-electron chi connectivity index (χ2n) is 7.26. The molecular weight excluding hydrogens is 394 g/mol. The normalized spacial score (nSPS) is 12.3. The number of fused-ring (bicyclic) bond motifs is 2. The summed E-state index contributed by atoms with van der Waals surface area (Å²) < 4.78 is 11.7. The maximum absolute atomic E-state index is 12.1. The lowest BCUT2D eigenvalue weighted by molar-refractivity contribution is 0.0963. The number of ether oxygens (including phenoxy) is 1. The van der Waals surface area contributed by atoms with Gasteiger partial charge in [-0.15, -0.1) is 0 Å². The molecule has 2 aromatic heterocycles. The summed E-state index contributed by atoms with van der Waals surface area (Å²) in [5.74, 6) is 1.76. The Labute approximate surface area is 178 Å². The Morgan fingerprint density at radius 2 is 2.10 bits per heavy atom. The van der Waals surface area contributed by atoms with Crippen molar-refractivity contribution in [2.45, 2.75) is 13.3 Å². The first kappa shape index (κ1) is 18.9. The number of furan rings is 1.